The number of nitrogens with one attached hydrogen (secondary N) is 1. The third-order valence-corrected chi connectivity index (χ3v) is 2.87. The van der Waals surface area contributed by atoms with Crippen molar-refractivity contribution >= 4 is 34.8 Å². The van der Waals surface area contributed by atoms with Gasteiger partial charge < -0.3 is 16.2 Å². The lowest BCUT2D eigenvalue weighted by Gasteiger charge is -2.09. The lowest BCUT2D eigenvalue weighted by molar-refractivity contribution is 0.0698. The van der Waals surface area contributed by atoms with E-state index in [0.29, 0.717) is 16.5 Å². The molecule has 0 atom stereocenters. The van der Waals surface area contributed by atoms with Gasteiger partial charge in [0, 0.05) is 0 Å². The van der Waals surface area contributed by atoms with Gasteiger partial charge in [-0.2, -0.15) is 0 Å². The Bertz CT molecular complexity index is 644. The van der Waals surface area contributed by atoms with Crippen LogP contribution in [0, 0.1) is 6.92 Å². The number of anilines is 3. The SMILES string of the molecule is Cc1ccc(Nc2cc(C(=O)O)c(N)cn2)c(Cl)c1. The number of aromatic carboxylic acids is 1. The monoisotopic (exact) mass is 277 g/mol. The Hall–Kier alpha value is -2.27. The standard InChI is InChI=1S/C13H12ClN3O2/c1-7-2-3-11(9(14)4-7)17-12-5-8(13(18)19)10(15)6-16-12/h2-6H,15H2,1H3,(H,16,17)(H,18,19). The molecule has 2 rings (SSSR count). The van der Waals surface area contributed by atoms with Crippen LogP contribution in [0.4, 0.5) is 17.2 Å². The number of carboxylic acids is 1. The van der Waals surface area contributed by atoms with Crippen LogP contribution >= 0.6 is 11.6 Å². The van der Waals surface area contributed by atoms with Crippen LogP contribution in [-0.2, 0) is 0 Å². The van der Waals surface area contributed by atoms with Gasteiger partial charge in [0.1, 0.15) is 5.82 Å². The molecule has 0 saturated heterocycles. The second-order valence-corrected chi connectivity index (χ2v) is 4.48. The van der Waals surface area contributed by atoms with Gasteiger partial charge in [0.25, 0.3) is 0 Å². The fourth-order valence-electron chi connectivity index (χ4n) is 1.58. The molecule has 5 nitrogen and oxygen atoms in total. The van der Waals surface area contributed by atoms with E-state index >= 15 is 0 Å². The Morgan fingerprint density at radius 3 is 2.79 bits per heavy atom. The number of pyridine rings is 1. The highest BCUT2D eigenvalue weighted by molar-refractivity contribution is 6.33. The molecule has 0 aliphatic heterocycles. The average Bonchev–Trinajstić information content (AvgIpc) is 2.34. The van der Waals surface area contributed by atoms with Crippen LogP contribution in [0.5, 0.6) is 0 Å². The van der Waals surface area contributed by atoms with Crippen LogP contribution < -0.4 is 11.1 Å². The summed E-state index contributed by atoms with van der Waals surface area (Å²) >= 11 is 6.08. The molecule has 1 aromatic heterocycles. The van der Waals surface area contributed by atoms with Gasteiger partial charge in [0.05, 0.1) is 28.2 Å². The van der Waals surface area contributed by atoms with E-state index in [1.54, 1.807) is 12.1 Å². The highest BCUT2D eigenvalue weighted by Crippen LogP contribution is 2.26. The van der Waals surface area contributed by atoms with Gasteiger partial charge >= 0.3 is 5.97 Å². The van der Waals surface area contributed by atoms with E-state index in [9.17, 15) is 4.79 Å². The van der Waals surface area contributed by atoms with Crippen molar-refractivity contribution in [2.45, 2.75) is 6.92 Å². The molecule has 1 heterocycles. The highest BCUT2D eigenvalue weighted by Gasteiger charge is 2.10. The number of carboxylic acid groups (broad SMARTS) is 1. The number of halogens is 1. The van der Waals surface area contributed by atoms with Crippen LogP contribution in [0.3, 0.4) is 0 Å². The quantitative estimate of drug-likeness (QED) is 0.802. The van der Waals surface area contributed by atoms with Gasteiger partial charge in [0.15, 0.2) is 0 Å². The van der Waals surface area contributed by atoms with E-state index in [1.165, 1.54) is 12.3 Å². The summed E-state index contributed by atoms with van der Waals surface area (Å²) < 4.78 is 0. The number of carbonyl (C=O) groups is 1. The Morgan fingerprint density at radius 1 is 1.42 bits per heavy atom. The molecule has 1 aromatic carbocycles. The van der Waals surface area contributed by atoms with Crippen molar-refractivity contribution in [2.75, 3.05) is 11.1 Å². The molecular formula is C13H12ClN3O2. The zero-order valence-electron chi connectivity index (χ0n) is 10.1. The Labute approximate surface area is 115 Å². The maximum Gasteiger partial charge on any atom is 0.337 e. The maximum absolute atomic E-state index is 11.0. The molecule has 4 N–H and O–H groups in total. The van der Waals surface area contributed by atoms with Gasteiger partial charge in [0.2, 0.25) is 0 Å². The summed E-state index contributed by atoms with van der Waals surface area (Å²) in [5.74, 6) is -0.727. The number of benzene rings is 1. The van der Waals surface area contributed by atoms with Crippen LogP contribution in [0.25, 0.3) is 0 Å². The number of hydrogen-bond acceptors (Lipinski definition) is 4. The number of nitrogen functional groups attached to an aromatic ring is 1. The molecule has 98 valence electrons. The molecule has 0 spiro atoms. The Morgan fingerprint density at radius 2 is 2.16 bits per heavy atom. The number of aromatic nitrogens is 1. The van der Waals surface area contributed by atoms with Crippen LogP contribution in [-0.4, -0.2) is 16.1 Å². The van der Waals surface area contributed by atoms with Crippen molar-refractivity contribution in [1.29, 1.82) is 0 Å². The first-order chi connectivity index (χ1) is 8.97. The van der Waals surface area contributed by atoms with E-state index < -0.39 is 5.97 Å². The molecule has 6 heteroatoms. The first kappa shape index (κ1) is 13.2. The second-order valence-electron chi connectivity index (χ2n) is 4.07. The lowest BCUT2D eigenvalue weighted by atomic mass is 10.2. The molecule has 0 aliphatic carbocycles. The van der Waals surface area contributed by atoms with Crippen molar-refractivity contribution in [2.24, 2.45) is 0 Å². The third kappa shape index (κ3) is 2.95. The maximum atomic E-state index is 11.0. The van der Waals surface area contributed by atoms with Gasteiger partial charge in [-0.1, -0.05) is 17.7 Å². The van der Waals surface area contributed by atoms with Crippen molar-refractivity contribution in [3.63, 3.8) is 0 Å². The number of nitrogens with two attached hydrogens (primary N) is 1. The van der Waals surface area contributed by atoms with E-state index in [-0.39, 0.29) is 11.3 Å². The van der Waals surface area contributed by atoms with Crippen molar-refractivity contribution in [1.82, 2.24) is 4.98 Å². The summed E-state index contributed by atoms with van der Waals surface area (Å²) in [5.41, 5.74) is 7.34. The van der Waals surface area contributed by atoms with Gasteiger partial charge in [-0.15, -0.1) is 0 Å². The molecule has 0 aliphatic rings. The molecule has 0 unspecified atom stereocenters. The summed E-state index contributed by atoms with van der Waals surface area (Å²) in [4.78, 5) is 15.0. The average molecular weight is 278 g/mol. The lowest BCUT2D eigenvalue weighted by Crippen LogP contribution is -2.05. The fraction of sp³-hybridized carbons (Fsp3) is 0.0769. The fourth-order valence-corrected chi connectivity index (χ4v) is 1.86. The number of rotatable bonds is 3. The second kappa shape index (κ2) is 5.16. The predicted molar refractivity (Wildman–Crippen MR) is 75.1 cm³/mol. The topological polar surface area (TPSA) is 88.2 Å². The molecule has 2 aromatic rings. The number of aryl methyl sites for hydroxylation is 1. The first-order valence-electron chi connectivity index (χ1n) is 5.49. The molecule has 0 bridgehead atoms. The summed E-state index contributed by atoms with van der Waals surface area (Å²) in [6.07, 6.45) is 1.30. The molecule has 19 heavy (non-hydrogen) atoms. The van der Waals surface area contributed by atoms with Crippen LogP contribution in [0.15, 0.2) is 30.5 Å². The number of hydrogen-bond donors (Lipinski definition) is 3. The van der Waals surface area contributed by atoms with E-state index in [1.807, 2.05) is 13.0 Å². The zero-order chi connectivity index (χ0) is 14.0. The first-order valence-corrected chi connectivity index (χ1v) is 5.87. The summed E-state index contributed by atoms with van der Waals surface area (Å²) in [5, 5.41) is 12.5. The summed E-state index contributed by atoms with van der Waals surface area (Å²) in [6, 6.07) is 6.87. The van der Waals surface area contributed by atoms with Crippen molar-refractivity contribution in [3.8, 4) is 0 Å². The smallest absolute Gasteiger partial charge is 0.337 e. The number of nitrogens with zero attached hydrogens (tertiary/aromatic N) is 1. The summed E-state index contributed by atoms with van der Waals surface area (Å²) in [6.45, 7) is 1.93. The Balaban J connectivity index is 2.33. The van der Waals surface area contributed by atoms with Crippen LogP contribution in [0.1, 0.15) is 15.9 Å². The summed E-state index contributed by atoms with van der Waals surface area (Å²) in [7, 11) is 0. The largest absolute Gasteiger partial charge is 0.478 e. The predicted octanol–water partition coefficient (Wildman–Crippen LogP) is 3.07. The molecular weight excluding hydrogens is 266 g/mol. The molecule has 0 fully saturated rings. The van der Waals surface area contributed by atoms with Crippen LogP contribution in [0.2, 0.25) is 5.02 Å². The van der Waals surface area contributed by atoms with E-state index in [0.717, 1.165) is 5.56 Å². The molecule has 0 radical (unpaired) electrons. The van der Waals surface area contributed by atoms with Gasteiger partial charge in [-0.25, -0.2) is 9.78 Å². The van der Waals surface area contributed by atoms with Gasteiger partial charge in [-0.05, 0) is 30.7 Å². The minimum absolute atomic E-state index is 0.000680. The minimum Gasteiger partial charge on any atom is -0.478 e. The normalized spacial score (nSPS) is 10.2. The zero-order valence-corrected chi connectivity index (χ0v) is 10.9. The van der Waals surface area contributed by atoms with Crippen molar-refractivity contribution in [3.05, 3.63) is 46.6 Å². The van der Waals surface area contributed by atoms with E-state index in [4.69, 9.17) is 22.4 Å². The minimum atomic E-state index is -1.10. The van der Waals surface area contributed by atoms with E-state index in [2.05, 4.69) is 10.3 Å². The van der Waals surface area contributed by atoms with Gasteiger partial charge in [-0.3, -0.25) is 0 Å². The molecule has 0 saturated carbocycles. The highest BCUT2D eigenvalue weighted by atomic mass is 35.5. The van der Waals surface area contributed by atoms with Crippen molar-refractivity contribution < 1.29 is 9.90 Å². The third-order valence-electron chi connectivity index (χ3n) is 2.55. The molecule has 0 amide bonds. The Kier molecular flexibility index (Phi) is 3.57.